The van der Waals surface area contributed by atoms with Crippen LogP contribution >= 0.6 is 0 Å². The zero-order valence-corrected chi connectivity index (χ0v) is 23.0. The smallest absolute Gasteiger partial charge is 0.151 e. The highest BCUT2D eigenvalue weighted by molar-refractivity contribution is 5.92. The van der Waals surface area contributed by atoms with Gasteiger partial charge in [0.1, 0.15) is 17.7 Å². The number of nitrogen functional groups attached to an aromatic ring is 1. The highest BCUT2D eigenvalue weighted by atomic mass is 15.3. The van der Waals surface area contributed by atoms with Gasteiger partial charge in [0, 0.05) is 55.2 Å². The SMILES string of the molecule is Nc1ncnn2c(CCCN3CCN(c4ccccn4)CC3)cc(-c3ccc4cn(Cc5ccccc5)nc4c3)c12. The summed E-state index contributed by atoms with van der Waals surface area (Å²) in [5.74, 6) is 1.55. The van der Waals surface area contributed by atoms with E-state index in [-0.39, 0.29) is 0 Å². The van der Waals surface area contributed by atoms with Crippen LogP contribution in [0.4, 0.5) is 11.6 Å². The third kappa shape index (κ3) is 5.24. The minimum atomic E-state index is 0.488. The van der Waals surface area contributed by atoms with Crippen LogP contribution in [0.3, 0.4) is 0 Å². The van der Waals surface area contributed by atoms with Gasteiger partial charge in [-0.3, -0.25) is 9.58 Å². The number of aryl methyl sites for hydroxylation is 1. The van der Waals surface area contributed by atoms with Crippen LogP contribution in [0.25, 0.3) is 27.5 Å². The average Bonchev–Trinajstić information content (AvgIpc) is 3.60. The summed E-state index contributed by atoms with van der Waals surface area (Å²) >= 11 is 0. The molecule has 7 rings (SSSR count). The van der Waals surface area contributed by atoms with E-state index in [1.165, 1.54) is 5.56 Å². The molecule has 6 aromatic rings. The summed E-state index contributed by atoms with van der Waals surface area (Å²) < 4.78 is 3.97. The van der Waals surface area contributed by atoms with E-state index >= 15 is 0 Å². The molecule has 9 nitrogen and oxygen atoms in total. The van der Waals surface area contributed by atoms with Crippen LogP contribution in [0.15, 0.2) is 91.5 Å². The second kappa shape index (κ2) is 11.0. The molecular weight excluding hydrogens is 510 g/mol. The summed E-state index contributed by atoms with van der Waals surface area (Å²) in [5, 5.41) is 10.6. The molecule has 0 bridgehead atoms. The number of hydrogen-bond acceptors (Lipinski definition) is 7. The number of pyridine rings is 1. The number of benzene rings is 2. The number of anilines is 2. The molecule has 1 fully saturated rings. The maximum atomic E-state index is 6.41. The number of nitrogens with zero attached hydrogens (tertiary/aromatic N) is 8. The van der Waals surface area contributed by atoms with Gasteiger partial charge in [-0.05, 0) is 54.8 Å². The number of piperazine rings is 1. The normalized spacial score (nSPS) is 14.3. The van der Waals surface area contributed by atoms with Crippen molar-refractivity contribution in [3.8, 4) is 11.1 Å². The third-order valence-electron chi connectivity index (χ3n) is 7.96. The Labute approximate surface area is 238 Å². The van der Waals surface area contributed by atoms with E-state index in [2.05, 4.69) is 91.7 Å². The van der Waals surface area contributed by atoms with Gasteiger partial charge in [0.15, 0.2) is 5.82 Å². The van der Waals surface area contributed by atoms with Crippen LogP contribution in [0, 0.1) is 0 Å². The van der Waals surface area contributed by atoms with Gasteiger partial charge < -0.3 is 10.6 Å². The fraction of sp³-hybridized carbons (Fsp3) is 0.250. The van der Waals surface area contributed by atoms with Gasteiger partial charge >= 0.3 is 0 Å². The molecule has 41 heavy (non-hydrogen) atoms. The summed E-state index contributed by atoms with van der Waals surface area (Å²) in [7, 11) is 0. The minimum Gasteiger partial charge on any atom is -0.382 e. The molecule has 2 aromatic carbocycles. The van der Waals surface area contributed by atoms with Crippen molar-refractivity contribution in [2.75, 3.05) is 43.4 Å². The summed E-state index contributed by atoms with van der Waals surface area (Å²) in [6, 6.07) is 25.1. The van der Waals surface area contributed by atoms with Crippen molar-refractivity contribution < 1.29 is 0 Å². The molecule has 0 unspecified atom stereocenters. The zero-order valence-electron chi connectivity index (χ0n) is 23.0. The first-order valence-corrected chi connectivity index (χ1v) is 14.2. The Morgan fingerprint density at radius 3 is 2.54 bits per heavy atom. The number of nitrogens with two attached hydrogens (primary N) is 1. The lowest BCUT2D eigenvalue weighted by Gasteiger charge is -2.35. The van der Waals surface area contributed by atoms with Gasteiger partial charge in [-0.2, -0.15) is 10.2 Å². The molecule has 0 spiro atoms. The Morgan fingerprint density at radius 2 is 1.71 bits per heavy atom. The first-order valence-electron chi connectivity index (χ1n) is 14.2. The van der Waals surface area contributed by atoms with Crippen LogP contribution in [0.1, 0.15) is 17.7 Å². The van der Waals surface area contributed by atoms with Gasteiger partial charge in [-0.1, -0.05) is 48.5 Å². The van der Waals surface area contributed by atoms with Crippen LogP contribution in [0.2, 0.25) is 0 Å². The van der Waals surface area contributed by atoms with Crippen molar-refractivity contribution in [2.45, 2.75) is 19.4 Å². The second-order valence-electron chi connectivity index (χ2n) is 10.7. The summed E-state index contributed by atoms with van der Waals surface area (Å²) in [6.07, 6.45) is 7.46. The fourth-order valence-corrected chi connectivity index (χ4v) is 5.84. The topological polar surface area (TPSA) is 93.4 Å². The largest absolute Gasteiger partial charge is 0.382 e. The third-order valence-corrected chi connectivity index (χ3v) is 7.96. The predicted octanol–water partition coefficient (Wildman–Crippen LogP) is 4.53. The monoisotopic (exact) mass is 543 g/mol. The van der Waals surface area contributed by atoms with Gasteiger partial charge in [0.05, 0.1) is 12.1 Å². The molecule has 0 saturated carbocycles. The summed E-state index contributed by atoms with van der Waals surface area (Å²) in [6.45, 7) is 5.88. The molecule has 9 heteroatoms. The van der Waals surface area contributed by atoms with Crippen LogP contribution < -0.4 is 10.6 Å². The van der Waals surface area contributed by atoms with Crippen molar-refractivity contribution in [3.63, 3.8) is 0 Å². The van der Waals surface area contributed by atoms with Crippen molar-refractivity contribution in [1.29, 1.82) is 0 Å². The average molecular weight is 544 g/mol. The molecule has 4 aromatic heterocycles. The van der Waals surface area contributed by atoms with E-state index in [1.807, 2.05) is 27.5 Å². The zero-order chi connectivity index (χ0) is 27.6. The van der Waals surface area contributed by atoms with Crippen LogP contribution in [-0.4, -0.2) is 67.0 Å². The molecule has 0 amide bonds. The van der Waals surface area contributed by atoms with E-state index in [4.69, 9.17) is 10.8 Å². The maximum Gasteiger partial charge on any atom is 0.151 e. The first kappa shape index (κ1) is 25.2. The lowest BCUT2D eigenvalue weighted by molar-refractivity contribution is 0.254. The van der Waals surface area contributed by atoms with Gasteiger partial charge in [0.25, 0.3) is 0 Å². The van der Waals surface area contributed by atoms with E-state index in [9.17, 15) is 0 Å². The highest BCUT2D eigenvalue weighted by Crippen LogP contribution is 2.32. The lowest BCUT2D eigenvalue weighted by Crippen LogP contribution is -2.47. The highest BCUT2D eigenvalue weighted by Gasteiger charge is 2.19. The number of rotatable bonds is 8. The van der Waals surface area contributed by atoms with E-state index in [1.54, 1.807) is 6.33 Å². The first-order chi connectivity index (χ1) is 20.2. The molecule has 1 aliphatic rings. The molecule has 0 radical (unpaired) electrons. The Balaban J connectivity index is 1.07. The fourth-order valence-electron chi connectivity index (χ4n) is 5.84. The van der Waals surface area contributed by atoms with E-state index < -0.39 is 0 Å². The molecule has 5 heterocycles. The molecular formula is C32H33N9. The van der Waals surface area contributed by atoms with Crippen LogP contribution in [-0.2, 0) is 13.0 Å². The molecule has 1 aliphatic heterocycles. The summed E-state index contributed by atoms with van der Waals surface area (Å²) in [5.41, 5.74) is 12.7. The van der Waals surface area contributed by atoms with Crippen molar-refractivity contribution in [3.05, 3.63) is 103 Å². The predicted molar refractivity (Wildman–Crippen MR) is 163 cm³/mol. The number of aromatic nitrogens is 6. The van der Waals surface area contributed by atoms with E-state index in [0.717, 1.165) is 91.2 Å². The molecule has 2 N–H and O–H groups in total. The standard InChI is InChI=1S/C32H33N9/c33-32-31-28(25-11-12-26-22-40(37-29(26)19-25)21-24-7-2-1-3-8-24)20-27(41(31)36-23-35-32)9-6-14-38-15-17-39(18-16-38)30-10-4-5-13-34-30/h1-5,7-8,10-13,19-20,22-23H,6,9,14-18,21H2,(H2,33,35,36). The number of fused-ring (bicyclic) bond motifs is 2. The Bertz CT molecular complexity index is 1770. The van der Waals surface area contributed by atoms with Crippen molar-refractivity contribution in [1.82, 2.24) is 34.3 Å². The molecule has 0 aliphatic carbocycles. The quantitative estimate of drug-likeness (QED) is 0.302. The van der Waals surface area contributed by atoms with Gasteiger partial charge in [0.2, 0.25) is 0 Å². The van der Waals surface area contributed by atoms with Crippen LogP contribution in [0.5, 0.6) is 0 Å². The minimum absolute atomic E-state index is 0.488. The van der Waals surface area contributed by atoms with Crippen molar-refractivity contribution in [2.24, 2.45) is 0 Å². The Hall–Kier alpha value is -4.76. The Morgan fingerprint density at radius 1 is 0.854 bits per heavy atom. The maximum absolute atomic E-state index is 6.41. The Kier molecular flexibility index (Phi) is 6.78. The molecule has 1 saturated heterocycles. The molecule has 0 atom stereocenters. The van der Waals surface area contributed by atoms with E-state index in [0.29, 0.717) is 5.82 Å². The van der Waals surface area contributed by atoms with Gasteiger partial charge in [-0.25, -0.2) is 14.5 Å². The second-order valence-corrected chi connectivity index (χ2v) is 10.7. The van der Waals surface area contributed by atoms with Gasteiger partial charge in [-0.15, -0.1) is 0 Å². The molecule has 206 valence electrons. The lowest BCUT2D eigenvalue weighted by atomic mass is 10.0. The van der Waals surface area contributed by atoms with Crippen molar-refractivity contribution >= 4 is 28.1 Å². The summed E-state index contributed by atoms with van der Waals surface area (Å²) in [4.78, 5) is 13.7. The number of hydrogen-bond donors (Lipinski definition) is 1.